The van der Waals surface area contributed by atoms with Crippen LogP contribution in [0.15, 0.2) is 47.9 Å². The van der Waals surface area contributed by atoms with Gasteiger partial charge in [-0.15, -0.1) is 0 Å². The van der Waals surface area contributed by atoms with Gasteiger partial charge in [-0.1, -0.05) is 173 Å². The van der Waals surface area contributed by atoms with Gasteiger partial charge in [0.25, 0.3) is 0 Å². The highest BCUT2D eigenvalue weighted by Crippen LogP contribution is 2.17. The molecule has 0 aromatic carbocycles. The maximum Gasteiger partial charge on any atom is 0.0699 e. The molecule has 0 N–H and O–H groups in total. The molecule has 0 amide bonds. The summed E-state index contributed by atoms with van der Waals surface area (Å²) in [6.45, 7) is 4.59. The van der Waals surface area contributed by atoms with E-state index in [1.165, 1.54) is 173 Å². The van der Waals surface area contributed by atoms with Gasteiger partial charge in [-0.2, -0.15) is 0 Å². The lowest BCUT2D eigenvalue weighted by molar-refractivity contribution is 0.545. The molecule has 1 rings (SSSR count). The molecule has 1 heterocycles. The molecule has 0 fully saturated rings. The Bertz CT molecular complexity index is 594. The summed E-state index contributed by atoms with van der Waals surface area (Å²) in [5.41, 5.74) is 2.43. The van der Waals surface area contributed by atoms with Gasteiger partial charge in [0, 0.05) is 11.8 Å². The lowest BCUT2D eigenvalue weighted by Crippen LogP contribution is -1.89. The van der Waals surface area contributed by atoms with E-state index in [0.29, 0.717) is 0 Å². The fourth-order valence-electron chi connectivity index (χ4n) is 5.25. The number of rotatable bonds is 28. The van der Waals surface area contributed by atoms with Crippen molar-refractivity contribution in [2.45, 2.75) is 181 Å². The normalized spacial score (nSPS) is 13.6. The summed E-state index contributed by atoms with van der Waals surface area (Å²) in [6, 6.07) is 0. The first kappa shape index (κ1) is 33.8. The van der Waals surface area contributed by atoms with E-state index < -0.39 is 0 Å². The smallest absolute Gasteiger partial charge is 0.0699 e. The molecule has 1 heteroatoms. The Kier molecular flexibility index (Phi) is 25.4. The van der Waals surface area contributed by atoms with E-state index in [-0.39, 0.29) is 0 Å². The van der Waals surface area contributed by atoms with Crippen LogP contribution in [0.3, 0.4) is 0 Å². The van der Waals surface area contributed by atoms with Crippen molar-refractivity contribution in [1.82, 2.24) is 5.32 Å². The lowest BCUT2D eigenvalue weighted by atomic mass is 10.0. The van der Waals surface area contributed by atoms with Gasteiger partial charge in [0.2, 0.25) is 0 Å². The molecule has 0 aromatic heterocycles. The van der Waals surface area contributed by atoms with Gasteiger partial charge in [0.15, 0.2) is 0 Å². The molecule has 1 aliphatic heterocycles. The monoisotopic (exact) mass is 511 g/mol. The maximum absolute atomic E-state index is 4.56. The summed E-state index contributed by atoms with van der Waals surface area (Å²) >= 11 is 0. The summed E-state index contributed by atoms with van der Waals surface area (Å²) in [5.74, 6) is 0. The van der Waals surface area contributed by atoms with Crippen LogP contribution in [0.5, 0.6) is 0 Å². The minimum Gasteiger partial charge on any atom is -0.256 e. The summed E-state index contributed by atoms with van der Waals surface area (Å²) in [7, 11) is 0. The van der Waals surface area contributed by atoms with Crippen LogP contribution < -0.4 is 5.32 Å². The van der Waals surface area contributed by atoms with Gasteiger partial charge < -0.3 is 0 Å². The van der Waals surface area contributed by atoms with Crippen LogP contribution in [-0.2, 0) is 0 Å². The van der Waals surface area contributed by atoms with Crippen molar-refractivity contribution in [3.8, 4) is 0 Å². The lowest BCUT2D eigenvalue weighted by Gasteiger charge is -2.02. The first-order valence-corrected chi connectivity index (χ1v) is 16.8. The Morgan fingerprint density at radius 1 is 0.459 bits per heavy atom. The van der Waals surface area contributed by atoms with E-state index in [2.05, 4.69) is 49.5 Å². The first-order chi connectivity index (χ1) is 18.4. The van der Waals surface area contributed by atoms with Gasteiger partial charge in [0.1, 0.15) is 0 Å². The Hall–Kier alpha value is -1.24. The minimum absolute atomic E-state index is 1.14. The van der Waals surface area contributed by atoms with Gasteiger partial charge in [-0.3, -0.25) is 5.32 Å². The third-order valence-corrected chi connectivity index (χ3v) is 7.79. The molecule has 1 aliphatic rings. The molecule has 0 unspecified atom stereocenters. The second-order valence-corrected chi connectivity index (χ2v) is 11.4. The number of allylic oxidation sites excluding steroid dienone is 6. The first-order valence-electron chi connectivity index (χ1n) is 16.8. The molecule has 0 saturated carbocycles. The molecular weight excluding hydrogens is 446 g/mol. The van der Waals surface area contributed by atoms with Crippen molar-refractivity contribution in [3.05, 3.63) is 47.9 Å². The molecular formula is C36H64N. The number of hydrogen-bond acceptors (Lipinski definition) is 0. The third kappa shape index (κ3) is 22.5. The Morgan fingerprint density at radius 2 is 0.811 bits per heavy atom. The topological polar surface area (TPSA) is 14.1 Å². The van der Waals surface area contributed by atoms with Gasteiger partial charge in [-0.25, -0.2) is 0 Å². The van der Waals surface area contributed by atoms with E-state index in [1.54, 1.807) is 0 Å². The van der Waals surface area contributed by atoms with Crippen molar-refractivity contribution in [2.24, 2.45) is 0 Å². The van der Waals surface area contributed by atoms with Crippen molar-refractivity contribution in [2.75, 3.05) is 0 Å². The summed E-state index contributed by atoms with van der Waals surface area (Å²) in [5, 5.41) is 4.56. The predicted molar refractivity (Wildman–Crippen MR) is 168 cm³/mol. The Morgan fingerprint density at radius 3 is 1.22 bits per heavy atom. The standard InChI is InChI=1S/C36H64N/c1-3-5-7-9-11-13-15-17-19-21-23-25-27-29-31-35-33-34-37-36(35)32-30-28-26-24-22-20-18-16-14-12-10-8-6-4-2/h29-34H,3-28H2,1-2H3/b31-29+,32-30+. The second kappa shape index (κ2) is 27.8. The number of unbranched alkanes of at least 4 members (excludes halogenated alkanes) is 24. The molecule has 0 atom stereocenters. The molecule has 213 valence electrons. The largest absolute Gasteiger partial charge is 0.256 e. The molecule has 37 heavy (non-hydrogen) atoms. The van der Waals surface area contributed by atoms with Crippen LogP contribution in [-0.4, -0.2) is 0 Å². The number of hydrogen-bond donors (Lipinski definition) is 0. The zero-order chi connectivity index (χ0) is 26.5. The average Bonchev–Trinajstić information content (AvgIpc) is 3.36. The Balaban J connectivity index is 1.95. The van der Waals surface area contributed by atoms with Crippen LogP contribution in [0.1, 0.15) is 181 Å². The Labute approximate surface area is 233 Å². The fraction of sp³-hybridized carbons (Fsp3) is 0.778. The van der Waals surface area contributed by atoms with Crippen LogP contribution in [0.4, 0.5) is 0 Å². The van der Waals surface area contributed by atoms with Crippen LogP contribution in [0, 0.1) is 0 Å². The third-order valence-electron chi connectivity index (χ3n) is 7.79. The van der Waals surface area contributed by atoms with E-state index >= 15 is 0 Å². The fourth-order valence-corrected chi connectivity index (χ4v) is 5.25. The van der Waals surface area contributed by atoms with E-state index in [9.17, 15) is 0 Å². The van der Waals surface area contributed by atoms with Crippen LogP contribution in [0.25, 0.3) is 0 Å². The highest BCUT2D eigenvalue weighted by molar-refractivity contribution is 5.44. The summed E-state index contributed by atoms with van der Waals surface area (Å²) in [4.78, 5) is 0. The minimum atomic E-state index is 1.14. The zero-order valence-corrected chi connectivity index (χ0v) is 25.3. The molecule has 1 nitrogen and oxygen atoms in total. The van der Waals surface area contributed by atoms with Gasteiger partial charge >= 0.3 is 0 Å². The summed E-state index contributed by atoms with van der Waals surface area (Å²) < 4.78 is 0. The molecule has 0 saturated heterocycles. The molecule has 0 spiro atoms. The zero-order valence-electron chi connectivity index (χ0n) is 25.3. The van der Waals surface area contributed by atoms with Gasteiger partial charge in [0.05, 0.1) is 5.70 Å². The number of nitrogens with zero attached hydrogens (tertiary/aromatic N) is 1. The molecule has 1 radical (unpaired) electrons. The predicted octanol–water partition coefficient (Wildman–Crippen LogP) is 12.7. The van der Waals surface area contributed by atoms with Crippen molar-refractivity contribution in [3.63, 3.8) is 0 Å². The molecule has 0 aromatic rings. The SMILES string of the molecule is CCCCCCCCCCCCCC/C=C/C1=C(/C=C/CCCCCCCCCCCCCC)[N]C=C1. The quantitative estimate of drug-likeness (QED) is 0.0929. The molecule has 0 bridgehead atoms. The highest BCUT2D eigenvalue weighted by atomic mass is 14.9. The average molecular weight is 511 g/mol. The summed E-state index contributed by atoms with van der Waals surface area (Å²) in [6.07, 6.45) is 49.8. The van der Waals surface area contributed by atoms with E-state index in [4.69, 9.17) is 0 Å². The van der Waals surface area contributed by atoms with Gasteiger partial charge in [-0.05, 0) is 37.8 Å². The van der Waals surface area contributed by atoms with E-state index in [0.717, 1.165) is 5.70 Å². The van der Waals surface area contributed by atoms with Crippen molar-refractivity contribution in [1.29, 1.82) is 0 Å². The van der Waals surface area contributed by atoms with Crippen LogP contribution >= 0.6 is 0 Å². The maximum atomic E-state index is 4.56. The van der Waals surface area contributed by atoms with Crippen LogP contribution in [0.2, 0.25) is 0 Å². The highest BCUT2D eigenvalue weighted by Gasteiger charge is 2.04. The van der Waals surface area contributed by atoms with E-state index in [1.807, 2.05) is 6.20 Å². The van der Waals surface area contributed by atoms with Crippen molar-refractivity contribution >= 4 is 0 Å². The second-order valence-electron chi connectivity index (χ2n) is 11.4. The molecule has 0 aliphatic carbocycles. The van der Waals surface area contributed by atoms with Crippen molar-refractivity contribution < 1.29 is 0 Å².